The molecule has 0 atom stereocenters. The Morgan fingerprint density at radius 1 is 1.25 bits per heavy atom. The smallest absolute Gasteiger partial charge is 0.274 e. The highest BCUT2D eigenvalue weighted by molar-refractivity contribution is 5.78. The Labute approximate surface area is 118 Å². The van der Waals surface area contributed by atoms with E-state index in [-0.39, 0.29) is 17.2 Å². The Morgan fingerprint density at radius 2 is 1.90 bits per heavy atom. The number of nitro benzene ring substituents is 1. The van der Waals surface area contributed by atoms with E-state index in [1.54, 1.807) is 18.2 Å². The number of hydrogen-bond donors (Lipinski definition) is 1. The summed E-state index contributed by atoms with van der Waals surface area (Å²) < 4.78 is 0. The average Bonchev–Trinajstić information content (AvgIpc) is 2.74. The van der Waals surface area contributed by atoms with E-state index in [2.05, 4.69) is 9.89 Å². The van der Waals surface area contributed by atoms with Crippen LogP contribution in [0.5, 0.6) is 0 Å². The van der Waals surface area contributed by atoms with Gasteiger partial charge >= 0.3 is 0 Å². The SMILES string of the molecule is NC(=NCc1ccccc1[N+](=O)[O-])N1CCCCCC1. The highest BCUT2D eigenvalue weighted by Crippen LogP contribution is 2.18. The van der Waals surface area contributed by atoms with E-state index in [1.807, 2.05) is 0 Å². The molecule has 0 aliphatic carbocycles. The van der Waals surface area contributed by atoms with E-state index in [9.17, 15) is 10.1 Å². The van der Waals surface area contributed by atoms with Crippen LogP contribution in [0, 0.1) is 10.1 Å². The summed E-state index contributed by atoms with van der Waals surface area (Å²) in [6, 6.07) is 6.65. The topological polar surface area (TPSA) is 84.8 Å². The number of guanidine groups is 1. The molecule has 0 aromatic heterocycles. The van der Waals surface area contributed by atoms with Gasteiger partial charge < -0.3 is 10.6 Å². The van der Waals surface area contributed by atoms with E-state index in [4.69, 9.17) is 5.73 Å². The van der Waals surface area contributed by atoms with E-state index >= 15 is 0 Å². The molecular formula is C14H20N4O2. The lowest BCUT2D eigenvalue weighted by Gasteiger charge is -2.21. The van der Waals surface area contributed by atoms with Crippen LogP contribution in [0.4, 0.5) is 5.69 Å². The van der Waals surface area contributed by atoms with Crippen molar-refractivity contribution in [3.05, 3.63) is 39.9 Å². The van der Waals surface area contributed by atoms with E-state index < -0.39 is 0 Å². The zero-order chi connectivity index (χ0) is 14.4. The first kappa shape index (κ1) is 14.3. The summed E-state index contributed by atoms with van der Waals surface area (Å²) in [5.74, 6) is 0.491. The Kier molecular flexibility index (Phi) is 4.92. The summed E-state index contributed by atoms with van der Waals surface area (Å²) in [4.78, 5) is 16.9. The number of benzene rings is 1. The summed E-state index contributed by atoms with van der Waals surface area (Å²) in [7, 11) is 0. The third-order valence-electron chi connectivity index (χ3n) is 3.53. The molecule has 0 radical (unpaired) electrons. The molecule has 1 aromatic rings. The van der Waals surface area contributed by atoms with Gasteiger partial charge in [-0.1, -0.05) is 31.0 Å². The molecule has 108 valence electrons. The number of nitrogens with zero attached hydrogens (tertiary/aromatic N) is 3. The first-order valence-electron chi connectivity index (χ1n) is 6.95. The Balaban J connectivity index is 2.06. The van der Waals surface area contributed by atoms with Crippen molar-refractivity contribution in [2.45, 2.75) is 32.2 Å². The first-order chi connectivity index (χ1) is 9.68. The van der Waals surface area contributed by atoms with Crippen LogP contribution in [0.2, 0.25) is 0 Å². The van der Waals surface area contributed by atoms with Crippen molar-refractivity contribution in [1.82, 2.24) is 4.90 Å². The van der Waals surface area contributed by atoms with Gasteiger partial charge in [0.15, 0.2) is 5.96 Å². The minimum absolute atomic E-state index is 0.0971. The van der Waals surface area contributed by atoms with Crippen LogP contribution in [0.1, 0.15) is 31.2 Å². The zero-order valence-electron chi connectivity index (χ0n) is 11.5. The molecule has 1 heterocycles. The van der Waals surface area contributed by atoms with Crippen LogP contribution < -0.4 is 5.73 Å². The molecule has 0 saturated carbocycles. The standard InChI is InChI=1S/C14H20N4O2/c15-14(17-9-5-1-2-6-10-17)16-11-12-7-3-4-8-13(12)18(19)20/h3-4,7-8H,1-2,5-6,9-11H2,(H2,15,16). The molecule has 1 fully saturated rings. The quantitative estimate of drug-likeness (QED) is 0.397. The van der Waals surface area contributed by atoms with Gasteiger partial charge in [-0.3, -0.25) is 10.1 Å². The van der Waals surface area contributed by atoms with Gasteiger partial charge in [0.2, 0.25) is 0 Å². The summed E-state index contributed by atoms with van der Waals surface area (Å²) in [5.41, 5.74) is 6.69. The van der Waals surface area contributed by atoms with Crippen LogP contribution in [0.15, 0.2) is 29.3 Å². The molecule has 1 saturated heterocycles. The van der Waals surface area contributed by atoms with Crippen LogP contribution in [0.25, 0.3) is 0 Å². The third-order valence-corrected chi connectivity index (χ3v) is 3.53. The highest BCUT2D eigenvalue weighted by Gasteiger charge is 2.13. The third kappa shape index (κ3) is 3.69. The number of rotatable bonds is 3. The van der Waals surface area contributed by atoms with Crippen LogP contribution >= 0.6 is 0 Å². The Hall–Kier alpha value is -2.11. The van der Waals surface area contributed by atoms with Gasteiger partial charge in [0.25, 0.3) is 5.69 Å². The minimum Gasteiger partial charge on any atom is -0.370 e. The molecule has 20 heavy (non-hydrogen) atoms. The number of aliphatic imine (C=N–C) groups is 1. The maximum atomic E-state index is 10.9. The predicted molar refractivity (Wildman–Crippen MR) is 78.5 cm³/mol. The van der Waals surface area contributed by atoms with Gasteiger partial charge in [0.1, 0.15) is 0 Å². The van der Waals surface area contributed by atoms with E-state index in [0.717, 1.165) is 25.9 Å². The van der Waals surface area contributed by atoms with Crippen molar-refractivity contribution in [2.24, 2.45) is 10.7 Å². The summed E-state index contributed by atoms with van der Waals surface area (Å²) in [6.07, 6.45) is 4.71. The molecule has 2 N–H and O–H groups in total. The van der Waals surface area contributed by atoms with Gasteiger partial charge in [-0.05, 0) is 12.8 Å². The van der Waals surface area contributed by atoms with Crippen molar-refractivity contribution < 1.29 is 4.92 Å². The van der Waals surface area contributed by atoms with E-state index in [0.29, 0.717) is 11.5 Å². The zero-order valence-corrected chi connectivity index (χ0v) is 11.5. The molecule has 6 heteroatoms. The monoisotopic (exact) mass is 276 g/mol. The fraction of sp³-hybridized carbons (Fsp3) is 0.500. The number of hydrogen-bond acceptors (Lipinski definition) is 3. The molecule has 1 aromatic carbocycles. The molecule has 6 nitrogen and oxygen atoms in total. The van der Waals surface area contributed by atoms with Gasteiger partial charge in [-0.25, -0.2) is 4.99 Å². The molecule has 2 rings (SSSR count). The molecule has 0 unspecified atom stereocenters. The van der Waals surface area contributed by atoms with Crippen LogP contribution in [-0.2, 0) is 6.54 Å². The summed E-state index contributed by atoms with van der Waals surface area (Å²) in [5, 5.41) is 10.9. The van der Waals surface area contributed by atoms with E-state index in [1.165, 1.54) is 18.9 Å². The van der Waals surface area contributed by atoms with Crippen molar-refractivity contribution in [1.29, 1.82) is 0 Å². The molecule has 1 aliphatic rings. The van der Waals surface area contributed by atoms with Gasteiger partial charge in [0.05, 0.1) is 17.0 Å². The van der Waals surface area contributed by atoms with Gasteiger partial charge in [-0.2, -0.15) is 0 Å². The van der Waals surface area contributed by atoms with Crippen molar-refractivity contribution in [3.63, 3.8) is 0 Å². The summed E-state index contributed by atoms with van der Waals surface area (Å²) in [6.45, 7) is 2.10. The first-order valence-corrected chi connectivity index (χ1v) is 6.95. The predicted octanol–water partition coefficient (Wildman–Crippen LogP) is 2.29. The molecule has 0 bridgehead atoms. The van der Waals surface area contributed by atoms with Crippen molar-refractivity contribution >= 4 is 11.6 Å². The Morgan fingerprint density at radius 3 is 2.55 bits per heavy atom. The molecule has 0 spiro atoms. The van der Waals surface area contributed by atoms with Crippen LogP contribution in [0.3, 0.4) is 0 Å². The fourth-order valence-electron chi connectivity index (χ4n) is 2.39. The second-order valence-corrected chi connectivity index (χ2v) is 4.96. The second-order valence-electron chi connectivity index (χ2n) is 4.96. The number of nitrogens with two attached hydrogens (primary N) is 1. The average molecular weight is 276 g/mol. The van der Waals surface area contributed by atoms with Crippen molar-refractivity contribution in [2.75, 3.05) is 13.1 Å². The van der Waals surface area contributed by atoms with Crippen molar-refractivity contribution in [3.8, 4) is 0 Å². The number of para-hydroxylation sites is 1. The van der Waals surface area contributed by atoms with Gasteiger partial charge in [0, 0.05) is 19.2 Å². The molecular weight excluding hydrogens is 256 g/mol. The minimum atomic E-state index is -0.382. The fourth-order valence-corrected chi connectivity index (χ4v) is 2.39. The largest absolute Gasteiger partial charge is 0.370 e. The number of nitro groups is 1. The lowest BCUT2D eigenvalue weighted by atomic mass is 10.2. The highest BCUT2D eigenvalue weighted by atomic mass is 16.6. The Bertz CT molecular complexity index is 494. The lowest BCUT2D eigenvalue weighted by molar-refractivity contribution is -0.385. The number of likely N-dealkylation sites (tertiary alicyclic amines) is 1. The normalized spacial score (nSPS) is 16.8. The maximum absolute atomic E-state index is 10.9. The molecule has 0 amide bonds. The summed E-state index contributed by atoms with van der Waals surface area (Å²) >= 11 is 0. The van der Waals surface area contributed by atoms with Gasteiger partial charge in [-0.15, -0.1) is 0 Å². The second kappa shape index (κ2) is 6.88. The lowest BCUT2D eigenvalue weighted by Crippen LogP contribution is -2.38. The van der Waals surface area contributed by atoms with Crippen LogP contribution in [-0.4, -0.2) is 28.9 Å². The molecule has 1 aliphatic heterocycles. The maximum Gasteiger partial charge on any atom is 0.274 e.